The van der Waals surface area contributed by atoms with Crippen LogP contribution in [0.1, 0.15) is 15.9 Å². The number of anilines is 1. The SMILES string of the molecule is CS(=O)(=O)c1ccc(NC(=O)COc2ccc(C(=O)c3ccccc3)cc2)cc1. The molecule has 148 valence electrons. The number of carbonyl (C=O) groups is 2. The minimum absolute atomic E-state index is 0.0903. The van der Waals surface area contributed by atoms with Crippen molar-refractivity contribution in [1.82, 2.24) is 0 Å². The van der Waals surface area contributed by atoms with Crippen LogP contribution in [0, 0.1) is 0 Å². The highest BCUT2D eigenvalue weighted by atomic mass is 32.2. The second-order valence-corrected chi connectivity index (χ2v) is 8.37. The zero-order valence-corrected chi connectivity index (χ0v) is 16.5. The number of rotatable bonds is 7. The second-order valence-electron chi connectivity index (χ2n) is 6.35. The summed E-state index contributed by atoms with van der Waals surface area (Å²) in [6, 6.07) is 21.4. The quantitative estimate of drug-likeness (QED) is 0.605. The van der Waals surface area contributed by atoms with Gasteiger partial charge in [-0.05, 0) is 48.5 Å². The topological polar surface area (TPSA) is 89.5 Å². The van der Waals surface area contributed by atoms with Crippen molar-refractivity contribution in [2.24, 2.45) is 0 Å². The molecule has 3 rings (SSSR count). The number of nitrogens with one attached hydrogen (secondary N) is 1. The first-order chi connectivity index (χ1) is 13.8. The molecule has 6 nitrogen and oxygen atoms in total. The normalized spacial score (nSPS) is 10.9. The van der Waals surface area contributed by atoms with E-state index in [0.717, 1.165) is 6.26 Å². The Morgan fingerprint density at radius 1 is 0.828 bits per heavy atom. The maximum Gasteiger partial charge on any atom is 0.262 e. The molecule has 3 aromatic carbocycles. The van der Waals surface area contributed by atoms with Crippen molar-refractivity contribution in [3.8, 4) is 5.75 Å². The first-order valence-corrected chi connectivity index (χ1v) is 10.6. The molecule has 3 aromatic rings. The molecule has 0 aliphatic carbocycles. The number of benzene rings is 3. The number of hydrogen-bond acceptors (Lipinski definition) is 5. The van der Waals surface area contributed by atoms with Gasteiger partial charge in [0.15, 0.2) is 22.2 Å². The largest absolute Gasteiger partial charge is 0.484 e. The van der Waals surface area contributed by atoms with Crippen LogP contribution < -0.4 is 10.1 Å². The zero-order valence-electron chi connectivity index (χ0n) is 15.7. The Morgan fingerprint density at radius 3 is 2.00 bits per heavy atom. The van der Waals surface area contributed by atoms with Gasteiger partial charge in [0.25, 0.3) is 5.91 Å². The van der Waals surface area contributed by atoms with E-state index in [1.54, 1.807) is 48.5 Å². The first kappa shape index (κ1) is 20.3. The van der Waals surface area contributed by atoms with Crippen LogP contribution in [0.4, 0.5) is 5.69 Å². The number of ketones is 1. The Hall–Kier alpha value is -3.45. The number of amides is 1. The number of sulfone groups is 1. The lowest BCUT2D eigenvalue weighted by molar-refractivity contribution is -0.118. The molecule has 0 aromatic heterocycles. The van der Waals surface area contributed by atoms with Crippen molar-refractivity contribution < 1.29 is 22.7 Å². The van der Waals surface area contributed by atoms with Gasteiger partial charge in [-0.15, -0.1) is 0 Å². The number of ether oxygens (including phenoxy) is 1. The van der Waals surface area contributed by atoms with Crippen LogP contribution in [0.5, 0.6) is 5.75 Å². The molecule has 7 heteroatoms. The smallest absolute Gasteiger partial charge is 0.262 e. The van der Waals surface area contributed by atoms with E-state index >= 15 is 0 Å². The molecule has 0 saturated heterocycles. The van der Waals surface area contributed by atoms with E-state index in [1.807, 2.05) is 6.07 Å². The van der Waals surface area contributed by atoms with Gasteiger partial charge in [-0.25, -0.2) is 8.42 Å². The number of hydrogen-bond donors (Lipinski definition) is 1. The van der Waals surface area contributed by atoms with E-state index in [0.29, 0.717) is 22.6 Å². The third-order valence-corrected chi connectivity index (χ3v) is 5.22. The van der Waals surface area contributed by atoms with Crippen molar-refractivity contribution >= 4 is 27.2 Å². The Balaban J connectivity index is 1.54. The van der Waals surface area contributed by atoms with E-state index in [2.05, 4.69) is 5.32 Å². The van der Waals surface area contributed by atoms with E-state index < -0.39 is 9.84 Å². The lowest BCUT2D eigenvalue weighted by Crippen LogP contribution is -2.20. The molecule has 1 amide bonds. The summed E-state index contributed by atoms with van der Waals surface area (Å²) in [5.41, 5.74) is 1.59. The van der Waals surface area contributed by atoms with Gasteiger partial charge in [0.2, 0.25) is 0 Å². The monoisotopic (exact) mass is 409 g/mol. The molecule has 1 N–H and O–H groups in total. The second kappa shape index (κ2) is 8.70. The fourth-order valence-corrected chi connectivity index (χ4v) is 3.22. The van der Waals surface area contributed by atoms with Gasteiger partial charge in [0.1, 0.15) is 5.75 Å². The van der Waals surface area contributed by atoms with Gasteiger partial charge >= 0.3 is 0 Å². The molecule has 29 heavy (non-hydrogen) atoms. The van der Waals surface area contributed by atoms with Crippen LogP contribution in [0.3, 0.4) is 0 Å². The van der Waals surface area contributed by atoms with Crippen LogP contribution >= 0.6 is 0 Å². The van der Waals surface area contributed by atoms with Gasteiger partial charge < -0.3 is 10.1 Å². The van der Waals surface area contributed by atoms with Crippen LogP contribution in [0.15, 0.2) is 83.8 Å². The summed E-state index contributed by atoms with van der Waals surface area (Å²) < 4.78 is 28.3. The third kappa shape index (κ3) is 5.52. The minimum atomic E-state index is -3.28. The van der Waals surface area contributed by atoms with Crippen LogP contribution in [-0.2, 0) is 14.6 Å². The van der Waals surface area contributed by atoms with Crippen molar-refractivity contribution in [2.45, 2.75) is 4.90 Å². The molecule has 0 aliphatic rings. The van der Waals surface area contributed by atoms with Crippen molar-refractivity contribution in [3.05, 3.63) is 90.0 Å². The molecule has 0 radical (unpaired) electrons. The van der Waals surface area contributed by atoms with Crippen molar-refractivity contribution in [1.29, 1.82) is 0 Å². The van der Waals surface area contributed by atoms with Crippen LogP contribution in [0.2, 0.25) is 0 Å². The van der Waals surface area contributed by atoms with Crippen LogP contribution in [-0.4, -0.2) is 33.0 Å². The molecule has 0 fully saturated rings. The highest BCUT2D eigenvalue weighted by molar-refractivity contribution is 7.90. The van der Waals surface area contributed by atoms with Gasteiger partial charge in [-0.3, -0.25) is 9.59 Å². The molecular weight excluding hydrogens is 390 g/mol. The zero-order chi connectivity index (χ0) is 20.9. The Labute approximate surface area is 169 Å². The van der Waals surface area contributed by atoms with E-state index in [4.69, 9.17) is 4.74 Å². The summed E-state index contributed by atoms with van der Waals surface area (Å²) in [7, 11) is -3.28. The van der Waals surface area contributed by atoms with Gasteiger partial charge in [-0.2, -0.15) is 0 Å². The van der Waals surface area contributed by atoms with E-state index in [-0.39, 0.29) is 23.2 Å². The maximum atomic E-state index is 12.4. The fraction of sp³-hybridized carbons (Fsp3) is 0.0909. The number of carbonyl (C=O) groups excluding carboxylic acids is 2. The summed E-state index contributed by atoms with van der Waals surface area (Å²) >= 11 is 0. The summed E-state index contributed by atoms with van der Waals surface area (Å²) in [4.78, 5) is 24.6. The molecule has 0 aliphatic heterocycles. The average Bonchev–Trinajstić information content (AvgIpc) is 2.72. The Morgan fingerprint density at radius 2 is 1.41 bits per heavy atom. The standard InChI is InChI=1S/C22H19NO5S/c1-29(26,27)20-13-9-18(10-14-20)23-21(24)15-28-19-11-7-17(8-12-19)22(25)16-5-3-2-4-6-16/h2-14H,15H2,1H3,(H,23,24). The lowest BCUT2D eigenvalue weighted by Gasteiger charge is -2.09. The summed E-state index contributed by atoms with van der Waals surface area (Å²) in [6.07, 6.45) is 1.12. The predicted octanol–water partition coefficient (Wildman–Crippen LogP) is 3.34. The molecular formula is C22H19NO5S. The van der Waals surface area contributed by atoms with Crippen molar-refractivity contribution in [2.75, 3.05) is 18.2 Å². The molecule has 0 saturated carbocycles. The fourth-order valence-electron chi connectivity index (χ4n) is 2.59. The van der Waals surface area contributed by atoms with Crippen LogP contribution in [0.25, 0.3) is 0 Å². The Bertz CT molecular complexity index is 1110. The van der Waals surface area contributed by atoms with E-state index in [9.17, 15) is 18.0 Å². The molecule has 0 spiro atoms. The minimum Gasteiger partial charge on any atom is -0.484 e. The third-order valence-electron chi connectivity index (χ3n) is 4.09. The van der Waals surface area contributed by atoms with E-state index in [1.165, 1.54) is 24.3 Å². The molecule has 0 bridgehead atoms. The van der Waals surface area contributed by atoms with Gasteiger partial charge in [0, 0.05) is 23.1 Å². The first-order valence-electron chi connectivity index (χ1n) is 8.75. The van der Waals surface area contributed by atoms with Gasteiger partial charge in [-0.1, -0.05) is 30.3 Å². The lowest BCUT2D eigenvalue weighted by atomic mass is 10.0. The highest BCUT2D eigenvalue weighted by Crippen LogP contribution is 2.16. The van der Waals surface area contributed by atoms with Crippen molar-refractivity contribution in [3.63, 3.8) is 0 Å². The summed E-state index contributed by atoms with van der Waals surface area (Å²) in [5, 5.41) is 2.63. The molecule has 0 unspecified atom stereocenters. The van der Waals surface area contributed by atoms with Gasteiger partial charge in [0.05, 0.1) is 4.90 Å². The summed E-state index contributed by atoms with van der Waals surface area (Å²) in [6.45, 7) is -0.222. The predicted molar refractivity (Wildman–Crippen MR) is 110 cm³/mol. The summed E-state index contributed by atoms with van der Waals surface area (Å²) in [5.74, 6) is -0.0221. The average molecular weight is 409 g/mol. The highest BCUT2D eigenvalue weighted by Gasteiger charge is 2.10. The molecule has 0 heterocycles. The molecule has 0 atom stereocenters. The Kier molecular flexibility index (Phi) is 6.09. The maximum absolute atomic E-state index is 12.4.